The Balaban J connectivity index is 0.000000138. The maximum Gasteiger partial charge on any atom is 0.250 e. The quantitative estimate of drug-likeness (QED) is 0.0232. The maximum absolute atomic E-state index is 8.76. The van der Waals surface area contributed by atoms with E-state index in [-0.39, 0.29) is 23.1 Å². The van der Waals surface area contributed by atoms with Gasteiger partial charge in [0.05, 0.1) is 51.7 Å². The van der Waals surface area contributed by atoms with E-state index in [4.69, 9.17) is 100 Å². The molecule has 0 spiro atoms. The Morgan fingerprint density at radius 3 is 1.74 bits per heavy atom. The molecule has 1 aliphatic rings. The van der Waals surface area contributed by atoms with E-state index < -0.39 is 0 Å². The van der Waals surface area contributed by atoms with E-state index in [0.717, 1.165) is 83.9 Å². The van der Waals surface area contributed by atoms with E-state index >= 15 is 0 Å². The zero-order chi connectivity index (χ0) is 72.9. The summed E-state index contributed by atoms with van der Waals surface area (Å²) < 4.78 is 11.2. The number of benzene rings is 8. The van der Waals surface area contributed by atoms with Gasteiger partial charge in [-0.25, -0.2) is 19.9 Å². The Hall–Kier alpha value is -13.5. The standard InChI is InChI=1S/C22H19ClN4.C19H16N6O3.2C18H13ClN4O/c1-22(2)13-25-21(27-22)15-6-3-14(4-7-15)5-8-16-11-20(24)26-19-12-17(23)9-10-18(16)19;1-26-14-4-2-3-12-13(9-23-16(20)15(12)14)19-25-24-18(27-19)11-7-5-10(6-8-11)17(21)28-22;19-15-6-2-5-14-12(10-16(20)22-17(14)15)8-7-11-3-1-4-13(9-11)18(21)23-24;19-14-6-7-16-15(10-14)12(9-17(20)22-16)5-4-11-2-1-3-13(8-11)18(21)23-24/h3-4,6-7,9-12H,13H2,1-2H3,(H2,24,26)(H,25,27);2-9,21H,22H2,1H3,(H2,20,23);1-6,9-10,24H,(H2,20,22)(H2,21,23);1-3,6-10,24H,(H2,20,22)(H2,21,23). The lowest BCUT2D eigenvalue weighted by Gasteiger charge is -2.18. The fraction of sp³-hybridized carbons (Fsp3) is 0.0649. The number of methoxy groups -OCH3 is 1. The summed E-state index contributed by atoms with van der Waals surface area (Å²) in [6.07, 6.45) is 1.59. The Kier molecular flexibility index (Phi) is 21.7. The van der Waals surface area contributed by atoms with E-state index in [1.165, 1.54) is 0 Å². The van der Waals surface area contributed by atoms with Crippen molar-refractivity contribution in [3.05, 3.63) is 265 Å². The molecule has 0 unspecified atom stereocenters. The SMILES string of the molecule is CC1(C)CN=C(c2ccc(C#Cc3cc(N)nc4cc(Cl)ccc34)cc2)N1.COc1cccc2c(-c3nnc(-c4ccc(C(=N)ON)cc4)o3)cnc(N)c12.NC(=NO)c1cccc(C#Cc2cc(N)nc3c(Cl)cccc23)c1.NC(=NO)c1cccc(C#Cc2cc(N)nc3ccc(Cl)cc23)c1. The molecule has 103 heavy (non-hydrogen) atoms. The topological polar surface area (TPSA) is 404 Å². The fourth-order valence-electron chi connectivity index (χ4n) is 10.5. The lowest BCUT2D eigenvalue weighted by Crippen LogP contribution is -2.39. The molecule has 6 heterocycles. The molecule has 0 fully saturated rings. The van der Waals surface area contributed by atoms with Crippen molar-refractivity contribution in [2.75, 3.05) is 36.6 Å². The number of aromatic nitrogens is 6. The monoisotopic (exact) mass is 1420 g/mol. The molecule has 0 bridgehead atoms. The summed E-state index contributed by atoms with van der Waals surface area (Å²) in [5, 5.41) is 48.6. The maximum atomic E-state index is 8.76. The Morgan fingerprint density at radius 1 is 0.563 bits per heavy atom. The van der Waals surface area contributed by atoms with Gasteiger partial charge >= 0.3 is 0 Å². The summed E-state index contributed by atoms with van der Waals surface area (Å²) in [4.78, 5) is 26.1. The van der Waals surface area contributed by atoms with Crippen LogP contribution in [0.5, 0.6) is 5.75 Å². The van der Waals surface area contributed by atoms with Gasteiger partial charge in [0.1, 0.15) is 34.9 Å². The molecule has 0 saturated carbocycles. The minimum Gasteiger partial charge on any atom is -0.496 e. The number of nitrogens with two attached hydrogens (primary N) is 7. The second-order valence-corrected chi connectivity index (χ2v) is 24.5. The summed E-state index contributed by atoms with van der Waals surface area (Å²) in [6.45, 7) is 5.06. The van der Waals surface area contributed by atoms with Gasteiger partial charge in [0, 0.05) is 99.0 Å². The van der Waals surface area contributed by atoms with Crippen LogP contribution in [0.25, 0.3) is 66.4 Å². The number of amidine groups is 3. The molecule has 0 atom stereocenters. The van der Waals surface area contributed by atoms with Gasteiger partial charge in [0.25, 0.3) is 0 Å². The smallest absolute Gasteiger partial charge is 0.250 e. The van der Waals surface area contributed by atoms with Crippen LogP contribution in [0.1, 0.15) is 69.5 Å². The van der Waals surface area contributed by atoms with Crippen molar-refractivity contribution in [2.45, 2.75) is 19.4 Å². The third-order valence-corrected chi connectivity index (χ3v) is 16.3. The number of nitrogens with zero attached hydrogens (tertiary/aromatic N) is 9. The van der Waals surface area contributed by atoms with Crippen molar-refractivity contribution in [1.29, 1.82) is 5.41 Å². The molecule has 0 aliphatic carbocycles. The van der Waals surface area contributed by atoms with Gasteiger partial charge in [-0.1, -0.05) is 147 Å². The van der Waals surface area contributed by atoms with Crippen LogP contribution in [0.4, 0.5) is 23.3 Å². The van der Waals surface area contributed by atoms with Crippen LogP contribution in [0.15, 0.2) is 214 Å². The first-order valence-corrected chi connectivity index (χ1v) is 32.1. The number of ether oxygens (including phenoxy) is 1. The highest BCUT2D eigenvalue weighted by Crippen LogP contribution is 2.37. The normalized spacial score (nSPS) is 12.0. The van der Waals surface area contributed by atoms with E-state index in [2.05, 4.69) is 105 Å². The summed E-state index contributed by atoms with van der Waals surface area (Å²) in [6, 6.07) is 56.3. The molecule has 0 saturated heterocycles. The highest BCUT2D eigenvalue weighted by atomic mass is 35.5. The number of aliphatic imine (C=N–C) groups is 1. The lowest BCUT2D eigenvalue weighted by atomic mass is 10.1. The lowest BCUT2D eigenvalue weighted by molar-refractivity contribution is 0.318. The van der Waals surface area contributed by atoms with Crippen LogP contribution in [-0.2, 0) is 4.84 Å². The fourth-order valence-corrected chi connectivity index (χ4v) is 11.0. The third kappa shape index (κ3) is 17.2. The van der Waals surface area contributed by atoms with Crippen LogP contribution in [0, 0.1) is 40.9 Å². The Labute approximate surface area is 604 Å². The number of pyridine rings is 4. The predicted octanol–water partition coefficient (Wildman–Crippen LogP) is 12.7. The number of hydrogen-bond donors (Lipinski definition) is 11. The van der Waals surface area contributed by atoms with Crippen molar-refractivity contribution in [1.82, 2.24) is 35.5 Å². The number of fused-ring (bicyclic) bond motifs is 4. The number of hydrogen-bond acceptors (Lipinski definition) is 21. The first kappa shape index (κ1) is 70.8. The van der Waals surface area contributed by atoms with Crippen LogP contribution in [0.3, 0.4) is 0 Å². The van der Waals surface area contributed by atoms with Crippen molar-refractivity contribution >= 4 is 125 Å². The van der Waals surface area contributed by atoms with Crippen molar-refractivity contribution in [3.63, 3.8) is 0 Å². The van der Waals surface area contributed by atoms with Crippen molar-refractivity contribution < 1.29 is 24.4 Å². The number of anilines is 4. The van der Waals surface area contributed by atoms with Gasteiger partial charge in [-0.15, -0.1) is 10.2 Å². The zero-order valence-electron chi connectivity index (χ0n) is 55.0. The Bertz CT molecular complexity index is 5640. The minimum absolute atomic E-state index is 0.0129. The number of para-hydroxylation sites is 1. The van der Waals surface area contributed by atoms with Crippen LogP contribution >= 0.6 is 34.8 Å². The predicted molar refractivity (Wildman–Crippen MR) is 408 cm³/mol. The molecule has 5 aromatic heterocycles. The molecule has 1 aliphatic heterocycles. The molecule has 0 amide bonds. The molecule has 510 valence electrons. The summed E-state index contributed by atoms with van der Waals surface area (Å²) in [7, 11) is 1.57. The third-order valence-electron chi connectivity index (χ3n) is 15.5. The van der Waals surface area contributed by atoms with Crippen molar-refractivity contribution in [3.8, 4) is 64.2 Å². The number of oxime groups is 2. The number of rotatable bonds is 7. The molecule has 8 aromatic carbocycles. The highest BCUT2D eigenvalue weighted by Gasteiger charge is 2.25. The van der Waals surface area contributed by atoms with E-state index in [1.54, 1.807) is 123 Å². The van der Waals surface area contributed by atoms with E-state index in [1.807, 2.05) is 78.9 Å². The largest absolute Gasteiger partial charge is 0.496 e. The number of nitrogen functional groups attached to an aromatic ring is 4. The summed E-state index contributed by atoms with van der Waals surface area (Å²) in [5.74, 6) is 27.3. The molecule has 14 rings (SSSR count). The second-order valence-electron chi connectivity index (χ2n) is 23.3. The van der Waals surface area contributed by atoms with Crippen LogP contribution in [-0.4, -0.2) is 83.1 Å². The average molecular weight is 1420 g/mol. The van der Waals surface area contributed by atoms with Crippen LogP contribution < -0.4 is 50.4 Å². The average Bonchev–Trinajstić information content (AvgIpc) is 1.77. The highest BCUT2D eigenvalue weighted by molar-refractivity contribution is 6.35. The zero-order valence-corrected chi connectivity index (χ0v) is 57.3. The van der Waals surface area contributed by atoms with Gasteiger partial charge < -0.3 is 64.1 Å². The molecule has 23 nitrogen and oxygen atoms in total. The van der Waals surface area contributed by atoms with Gasteiger partial charge in [-0.2, -0.15) is 5.90 Å². The van der Waals surface area contributed by atoms with Crippen molar-refractivity contribution in [2.24, 2.45) is 32.7 Å². The molecule has 0 radical (unpaired) electrons. The summed E-state index contributed by atoms with van der Waals surface area (Å²) >= 11 is 18.3. The first-order chi connectivity index (χ1) is 49.7. The van der Waals surface area contributed by atoms with Crippen LogP contribution in [0.2, 0.25) is 15.1 Å². The molecule has 26 heteroatoms. The molecule has 13 aromatic rings. The van der Waals surface area contributed by atoms with E-state index in [9.17, 15) is 0 Å². The Morgan fingerprint density at radius 2 is 1.12 bits per heavy atom. The molecule has 18 N–H and O–H groups in total. The first-order valence-electron chi connectivity index (χ1n) is 31.0. The second kappa shape index (κ2) is 31.6. The molecular formula is C77H61Cl3N18O5. The van der Waals surface area contributed by atoms with Gasteiger partial charge in [0.2, 0.25) is 17.7 Å². The minimum atomic E-state index is -0.133. The van der Waals surface area contributed by atoms with Gasteiger partial charge in [-0.3, -0.25) is 10.4 Å². The molecular weight excluding hydrogens is 1360 g/mol. The number of nitrogens with one attached hydrogen (secondary N) is 2. The van der Waals surface area contributed by atoms with Gasteiger partial charge in [-0.05, 0) is 135 Å². The summed E-state index contributed by atoms with van der Waals surface area (Å²) in [5.41, 5.74) is 45.7. The number of halogens is 3. The van der Waals surface area contributed by atoms with Gasteiger partial charge in [0.15, 0.2) is 11.7 Å². The van der Waals surface area contributed by atoms with E-state index in [0.29, 0.717) is 94.6 Å².